The first-order valence-electron chi connectivity index (χ1n) is 11.5. The molecule has 2 N–H and O–H groups in total. The quantitative estimate of drug-likeness (QED) is 0.110. The third-order valence-corrected chi connectivity index (χ3v) is 7.06. The number of benzene rings is 3. The second kappa shape index (κ2) is 12.7. The molecule has 1 atom stereocenters. The molecule has 0 aliphatic heterocycles. The van der Waals surface area contributed by atoms with E-state index in [1.807, 2.05) is 18.2 Å². The summed E-state index contributed by atoms with van der Waals surface area (Å²) in [6, 6.07) is 18.5. The number of halogens is 5. The van der Waals surface area contributed by atoms with Gasteiger partial charge in [-0.2, -0.15) is 30.9 Å². The second-order valence-corrected chi connectivity index (χ2v) is 10.2. The van der Waals surface area contributed by atoms with E-state index in [9.17, 15) is 22.8 Å². The van der Waals surface area contributed by atoms with Crippen molar-refractivity contribution in [2.45, 2.75) is 11.4 Å². The number of aromatic nitrogens is 1. The first-order chi connectivity index (χ1) is 19.0. The zero-order valence-corrected chi connectivity index (χ0v) is 23.5. The number of alkyl halides is 3. The van der Waals surface area contributed by atoms with Crippen LogP contribution >= 0.6 is 40.2 Å². The van der Waals surface area contributed by atoms with Crippen LogP contribution in [0.2, 0.25) is 5.02 Å². The van der Waals surface area contributed by atoms with Gasteiger partial charge in [0, 0.05) is 22.4 Å². The number of amides is 2. The molecule has 1 heterocycles. The summed E-state index contributed by atoms with van der Waals surface area (Å²) in [6.45, 7) is 0. The molecule has 6 nitrogen and oxygen atoms in total. The summed E-state index contributed by atoms with van der Waals surface area (Å²) in [4.78, 5) is 30.0. The number of pyridine rings is 1. The van der Waals surface area contributed by atoms with Crippen molar-refractivity contribution in [2.24, 2.45) is 5.10 Å². The number of nitrogens with zero attached hydrogens (tertiary/aromatic N) is 2. The van der Waals surface area contributed by atoms with Gasteiger partial charge in [0.15, 0.2) is 0 Å². The normalized spacial score (nSPS) is 12.2. The van der Waals surface area contributed by atoms with E-state index in [1.165, 1.54) is 18.2 Å². The van der Waals surface area contributed by atoms with E-state index < -0.39 is 28.6 Å². The van der Waals surface area contributed by atoms with Gasteiger partial charge in [-0.25, -0.2) is 5.43 Å². The summed E-state index contributed by atoms with van der Waals surface area (Å²) in [5.41, 5.74) is 3.66. The third-order valence-electron chi connectivity index (χ3n) is 5.64. The maximum absolute atomic E-state index is 13.1. The predicted octanol–water partition coefficient (Wildman–Crippen LogP) is 7.55. The minimum absolute atomic E-state index is 0.0759. The van der Waals surface area contributed by atoms with Gasteiger partial charge >= 0.3 is 6.18 Å². The molecule has 1 aromatic heterocycles. The number of carbonyl (C=O) groups excluding carboxylic acids is 2. The average molecular weight is 648 g/mol. The van der Waals surface area contributed by atoms with Gasteiger partial charge in [0.25, 0.3) is 11.8 Å². The molecule has 2 amide bonds. The smallest absolute Gasteiger partial charge is 0.321 e. The first-order valence-corrected chi connectivity index (χ1v) is 13.2. The van der Waals surface area contributed by atoms with Gasteiger partial charge in [0.05, 0.1) is 33.3 Å². The van der Waals surface area contributed by atoms with Crippen molar-refractivity contribution in [1.82, 2.24) is 10.4 Å². The number of hydrogen-bond donors (Lipinski definition) is 3. The van der Waals surface area contributed by atoms with Gasteiger partial charge in [-0.1, -0.05) is 45.7 Å². The molecule has 0 aliphatic carbocycles. The molecule has 12 heteroatoms. The SMILES string of the molecule is O=C(Nc1ccc(Br)cc1C(=O)N/N=C\c1ccc(Cl)c(C(F)(F)F)c1)c1cccc(C(S)c2ccncc2)c1. The summed E-state index contributed by atoms with van der Waals surface area (Å²) >= 11 is 13.6. The highest BCUT2D eigenvalue weighted by atomic mass is 79.9. The molecule has 0 aliphatic rings. The van der Waals surface area contributed by atoms with Crippen LogP contribution in [0.3, 0.4) is 0 Å². The van der Waals surface area contributed by atoms with Gasteiger partial charge in [-0.15, -0.1) is 0 Å². The fourth-order valence-electron chi connectivity index (χ4n) is 3.66. The number of carbonyl (C=O) groups is 2. The standard InChI is InChI=1S/C28H19BrClF3N4O2S/c29-20-5-7-24(36-26(38)19-3-1-2-18(13-19)25(40)17-8-10-34-11-9-17)21(14-20)27(39)37-35-15-16-4-6-23(30)22(12-16)28(31,32)33/h1-15,25,40H,(H,36,38)(H,37,39)/b35-15-. The molecule has 4 rings (SSSR count). The monoisotopic (exact) mass is 646 g/mol. The second-order valence-electron chi connectivity index (χ2n) is 8.39. The van der Waals surface area contributed by atoms with Crippen LogP contribution in [-0.4, -0.2) is 23.0 Å². The molecule has 0 spiro atoms. The van der Waals surface area contributed by atoms with Crippen molar-refractivity contribution in [3.05, 3.63) is 128 Å². The van der Waals surface area contributed by atoms with E-state index in [0.717, 1.165) is 29.5 Å². The van der Waals surface area contributed by atoms with E-state index in [4.69, 9.17) is 11.6 Å². The molecule has 204 valence electrons. The molecule has 0 bridgehead atoms. The van der Waals surface area contributed by atoms with E-state index in [2.05, 4.69) is 49.4 Å². The van der Waals surface area contributed by atoms with Crippen molar-refractivity contribution in [1.29, 1.82) is 0 Å². The lowest BCUT2D eigenvalue weighted by Gasteiger charge is -2.14. The number of hydrogen-bond acceptors (Lipinski definition) is 5. The Morgan fingerprint density at radius 1 is 0.975 bits per heavy atom. The topological polar surface area (TPSA) is 83.5 Å². The minimum atomic E-state index is -4.64. The van der Waals surface area contributed by atoms with Crippen LogP contribution in [0.15, 0.2) is 94.8 Å². The largest absolute Gasteiger partial charge is 0.417 e. The van der Waals surface area contributed by atoms with Gasteiger partial charge < -0.3 is 5.32 Å². The van der Waals surface area contributed by atoms with Crippen molar-refractivity contribution >= 4 is 63.9 Å². The lowest BCUT2D eigenvalue weighted by atomic mass is 10.0. The molecule has 1 unspecified atom stereocenters. The van der Waals surface area contributed by atoms with E-state index in [-0.39, 0.29) is 22.1 Å². The van der Waals surface area contributed by atoms with Crippen molar-refractivity contribution in [3.63, 3.8) is 0 Å². The van der Waals surface area contributed by atoms with Crippen LogP contribution in [0.5, 0.6) is 0 Å². The fraction of sp³-hybridized carbons (Fsp3) is 0.0714. The van der Waals surface area contributed by atoms with Crippen molar-refractivity contribution in [3.8, 4) is 0 Å². The zero-order valence-electron chi connectivity index (χ0n) is 20.3. The van der Waals surface area contributed by atoms with Gasteiger partial charge in [-0.05, 0) is 71.3 Å². The van der Waals surface area contributed by atoms with Crippen LogP contribution in [-0.2, 0) is 6.18 Å². The van der Waals surface area contributed by atoms with Crippen LogP contribution in [0.1, 0.15) is 48.2 Å². The highest BCUT2D eigenvalue weighted by Gasteiger charge is 2.33. The summed E-state index contributed by atoms with van der Waals surface area (Å²) in [6.07, 6.45) is -0.259. The molecule has 4 aromatic rings. The summed E-state index contributed by atoms with van der Waals surface area (Å²) in [7, 11) is 0. The molecule has 0 fully saturated rings. The fourth-order valence-corrected chi connectivity index (χ4v) is 4.58. The molecule has 0 saturated heterocycles. The highest BCUT2D eigenvalue weighted by molar-refractivity contribution is 9.10. The Labute approximate surface area is 246 Å². The summed E-state index contributed by atoms with van der Waals surface area (Å²) < 4.78 is 39.9. The number of hydrazone groups is 1. The van der Waals surface area contributed by atoms with Crippen molar-refractivity contribution in [2.75, 3.05) is 5.32 Å². The van der Waals surface area contributed by atoms with E-state index in [1.54, 1.807) is 36.7 Å². The Bertz CT molecular complexity index is 1590. The average Bonchev–Trinajstić information content (AvgIpc) is 2.94. The zero-order chi connectivity index (χ0) is 28.9. The number of thiol groups is 1. The summed E-state index contributed by atoms with van der Waals surface area (Å²) in [5.74, 6) is -1.16. The van der Waals surface area contributed by atoms with Crippen molar-refractivity contribution < 1.29 is 22.8 Å². The molecule has 3 aromatic carbocycles. The lowest BCUT2D eigenvalue weighted by molar-refractivity contribution is -0.137. The van der Waals surface area contributed by atoms with E-state index in [0.29, 0.717) is 10.0 Å². The molecular formula is C28H19BrClF3N4O2S. The molecule has 0 saturated carbocycles. The van der Waals surface area contributed by atoms with Gasteiger partial charge in [-0.3, -0.25) is 14.6 Å². The molecule has 40 heavy (non-hydrogen) atoms. The highest BCUT2D eigenvalue weighted by Crippen LogP contribution is 2.35. The summed E-state index contributed by atoms with van der Waals surface area (Å²) in [5, 5.41) is 5.76. The maximum Gasteiger partial charge on any atom is 0.417 e. The third kappa shape index (κ3) is 7.29. The number of anilines is 1. The van der Waals surface area contributed by atoms with Crippen LogP contribution in [0, 0.1) is 0 Å². The Kier molecular flexibility index (Phi) is 9.28. The Morgan fingerprint density at radius 2 is 1.73 bits per heavy atom. The maximum atomic E-state index is 13.1. The predicted molar refractivity (Wildman–Crippen MR) is 155 cm³/mol. The Hall–Kier alpha value is -3.67. The number of rotatable bonds is 7. The number of nitrogens with one attached hydrogen (secondary N) is 2. The Balaban J connectivity index is 1.50. The molecule has 0 radical (unpaired) electrons. The van der Waals surface area contributed by atoms with E-state index >= 15 is 0 Å². The first kappa shape index (κ1) is 29.3. The van der Waals surface area contributed by atoms with Gasteiger partial charge in [0.1, 0.15) is 0 Å². The molecular weight excluding hydrogens is 629 g/mol. The van der Waals surface area contributed by atoms with Crippen LogP contribution in [0.25, 0.3) is 0 Å². The van der Waals surface area contributed by atoms with Gasteiger partial charge in [0.2, 0.25) is 0 Å². The Morgan fingerprint density at radius 3 is 2.45 bits per heavy atom. The van der Waals surface area contributed by atoms with Crippen LogP contribution in [0.4, 0.5) is 18.9 Å². The lowest BCUT2D eigenvalue weighted by Crippen LogP contribution is -2.21. The minimum Gasteiger partial charge on any atom is -0.321 e. The van der Waals surface area contributed by atoms with Crippen LogP contribution < -0.4 is 10.7 Å².